The minimum absolute atomic E-state index is 0.410. The van der Waals surface area contributed by atoms with Gasteiger partial charge in [-0.15, -0.1) is 0 Å². The number of aliphatic hydroxyl groups is 1. The predicted octanol–water partition coefficient (Wildman–Crippen LogP) is 3.22. The van der Waals surface area contributed by atoms with Gasteiger partial charge in [0.25, 0.3) is 0 Å². The minimum atomic E-state index is -0.410. The van der Waals surface area contributed by atoms with E-state index >= 15 is 0 Å². The summed E-state index contributed by atoms with van der Waals surface area (Å²) in [5.74, 6) is 0.956. The summed E-state index contributed by atoms with van der Waals surface area (Å²) in [5.41, 5.74) is 3.51. The fraction of sp³-hybridized carbons (Fsp3) is 0.312. The van der Waals surface area contributed by atoms with E-state index in [-0.39, 0.29) is 0 Å². The zero-order chi connectivity index (χ0) is 13.2. The van der Waals surface area contributed by atoms with E-state index in [0.717, 1.165) is 24.3 Å². The largest absolute Gasteiger partial charge is 0.388 e. The molecule has 0 fully saturated rings. The van der Waals surface area contributed by atoms with E-state index < -0.39 is 6.10 Å². The summed E-state index contributed by atoms with van der Waals surface area (Å²) in [7, 11) is 0. The molecule has 2 aromatic rings. The van der Waals surface area contributed by atoms with Gasteiger partial charge in [-0.05, 0) is 36.1 Å². The molecule has 3 rings (SSSR count). The lowest BCUT2D eigenvalue weighted by Crippen LogP contribution is -2.14. The van der Waals surface area contributed by atoms with Crippen LogP contribution in [0.4, 0.5) is 11.5 Å². The van der Waals surface area contributed by atoms with Gasteiger partial charge in [-0.1, -0.05) is 31.2 Å². The molecule has 1 aromatic carbocycles. The number of para-hydroxylation sites is 1. The molecule has 0 saturated heterocycles. The number of benzene rings is 1. The molecule has 0 saturated carbocycles. The third kappa shape index (κ3) is 2.22. The van der Waals surface area contributed by atoms with E-state index in [9.17, 15) is 5.11 Å². The molecule has 98 valence electrons. The van der Waals surface area contributed by atoms with Crippen LogP contribution in [0.2, 0.25) is 0 Å². The third-order valence-electron chi connectivity index (χ3n) is 3.71. The number of fused-ring (bicyclic) bond motifs is 1. The van der Waals surface area contributed by atoms with Crippen molar-refractivity contribution < 1.29 is 5.11 Å². The Morgan fingerprint density at radius 2 is 2.11 bits per heavy atom. The van der Waals surface area contributed by atoms with Gasteiger partial charge in [-0.2, -0.15) is 0 Å². The SMILES string of the molecule is CC[C@H](O)c1ccc(N2CCc3ccccc32)nc1. The summed E-state index contributed by atoms with van der Waals surface area (Å²) >= 11 is 0. The van der Waals surface area contributed by atoms with Crippen molar-refractivity contribution in [2.75, 3.05) is 11.4 Å². The number of hydrogen-bond donors (Lipinski definition) is 1. The van der Waals surface area contributed by atoms with Crippen molar-refractivity contribution in [3.63, 3.8) is 0 Å². The van der Waals surface area contributed by atoms with Gasteiger partial charge in [0.15, 0.2) is 0 Å². The molecule has 1 aliphatic heterocycles. The van der Waals surface area contributed by atoms with E-state index in [4.69, 9.17) is 0 Å². The van der Waals surface area contributed by atoms with Crippen molar-refractivity contribution in [2.45, 2.75) is 25.9 Å². The van der Waals surface area contributed by atoms with Gasteiger partial charge in [0, 0.05) is 18.4 Å². The highest BCUT2D eigenvalue weighted by atomic mass is 16.3. The van der Waals surface area contributed by atoms with Crippen LogP contribution in [0, 0.1) is 0 Å². The number of anilines is 2. The van der Waals surface area contributed by atoms with Crippen LogP contribution in [-0.2, 0) is 6.42 Å². The number of pyridine rings is 1. The van der Waals surface area contributed by atoms with Crippen LogP contribution in [-0.4, -0.2) is 16.6 Å². The van der Waals surface area contributed by atoms with Gasteiger partial charge < -0.3 is 10.0 Å². The van der Waals surface area contributed by atoms with Gasteiger partial charge in [0.1, 0.15) is 5.82 Å². The van der Waals surface area contributed by atoms with Gasteiger partial charge in [-0.25, -0.2) is 4.98 Å². The van der Waals surface area contributed by atoms with E-state index in [2.05, 4.69) is 34.1 Å². The molecule has 0 aliphatic carbocycles. The van der Waals surface area contributed by atoms with Crippen LogP contribution in [0.15, 0.2) is 42.6 Å². The van der Waals surface area contributed by atoms with Crippen LogP contribution in [0.5, 0.6) is 0 Å². The fourth-order valence-electron chi connectivity index (χ4n) is 2.57. The number of hydrogen-bond acceptors (Lipinski definition) is 3. The van der Waals surface area contributed by atoms with Crippen LogP contribution in [0.1, 0.15) is 30.6 Å². The Morgan fingerprint density at radius 3 is 2.84 bits per heavy atom. The third-order valence-corrected chi connectivity index (χ3v) is 3.71. The monoisotopic (exact) mass is 254 g/mol. The first-order chi connectivity index (χ1) is 9.29. The molecule has 0 bridgehead atoms. The standard InChI is InChI=1S/C16H18N2O/c1-2-15(19)13-7-8-16(17-11-13)18-10-9-12-5-3-4-6-14(12)18/h3-8,11,15,19H,2,9-10H2,1H3/t15-/m0/s1. The lowest BCUT2D eigenvalue weighted by molar-refractivity contribution is 0.173. The molecular formula is C16H18N2O. The summed E-state index contributed by atoms with van der Waals surface area (Å²) in [6.45, 7) is 2.94. The maximum atomic E-state index is 9.79. The van der Waals surface area contributed by atoms with E-state index in [0.29, 0.717) is 6.42 Å². The summed E-state index contributed by atoms with van der Waals surface area (Å²) in [4.78, 5) is 6.73. The Balaban J connectivity index is 1.88. The molecule has 0 spiro atoms. The van der Waals surface area contributed by atoms with Crippen LogP contribution in [0.3, 0.4) is 0 Å². The van der Waals surface area contributed by atoms with Gasteiger partial charge in [0.05, 0.1) is 6.10 Å². The Labute approximate surface area is 113 Å². The quantitative estimate of drug-likeness (QED) is 0.913. The Kier molecular flexibility index (Phi) is 3.22. The molecule has 0 radical (unpaired) electrons. The van der Waals surface area contributed by atoms with Crippen molar-refractivity contribution in [3.8, 4) is 0 Å². The molecule has 0 amide bonds. The molecule has 3 nitrogen and oxygen atoms in total. The minimum Gasteiger partial charge on any atom is -0.388 e. The molecule has 3 heteroatoms. The van der Waals surface area contributed by atoms with E-state index in [1.807, 2.05) is 19.1 Å². The van der Waals surface area contributed by atoms with Crippen LogP contribution >= 0.6 is 0 Å². The summed E-state index contributed by atoms with van der Waals surface area (Å²) in [6.07, 6.45) is 3.15. The lowest BCUT2D eigenvalue weighted by atomic mass is 10.1. The first kappa shape index (κ1) is 12.2. The van der Waals surface area contributed by atoms with Crippen LogP contribution < -0.4 is 4.90 Å². The van der Waals surface area contributed by atoms with Gasteiger partial charge in [0.2, 0.25) is 0 Å². The molecule has 2 heterocycles. The molecule has 0 unspecified atom stereocenters. The maximum Gasteiger partial charge on any atom is 0.132 e. The Bertz CT molecular complexity index is 565. The lowest BCUT2D eigenvalue weighted by Gasteiger charge is -2.19. The highest BCUT2D eigenvalue weighted by Crippen LogP contribution is 2.33. The Morgan fingerprint density at radius 1 is 1.26 bits per heavy atom. The zero-order valence-corrected chi connectivity index (χ0v) is 11.1. The summed E-state index contributed by atoms with van der Waals surface area (Å²) < 4.78 is 0. The number of nitrogens with zero attached hydrogens (tertiary/aromatic N) is 2. The van der Waals surface area contributed by atoms with Crippen molar-refractivity contribution >= 4 is 11.5 Å². The predicted molar refractivity (Wildman–Crippen MR) is 76.6 cm³/mol. The second-order valence-corrected chi connectivity index (χ2v) is 4.90. The second-order valence-electron chi connectivity index (χ2n) is 4.90. The number of aliphatic hydroxyl groups excluding tert-OH is 1. The molecule has 1 aliphatic rings. The molecule has 1 atom stereocenters. The highest BCUT2D eigenvalue weighted by Gasteiger charge is 2.20. The number of rotatable bonds is 3. The van der Waals surface area contributed by atoms with Crippen molar-refractivity contribution in [3.05, 3.63) is 53.7 Å². The van der Waals surface area contributed by atoms with Crippen LogP contribution in [0.25, 0.3) is 0 Å². The first-order valence-electron chi connectivity index (χ1n) is 6.79. The average molecular weight is 254 g/mol. The summed E-state index contributed by atoms with van der Waals surface area (Å²) in [5, 5.41) is 9.79. The van der Waals surface area contributed by atoms with Crippen molar-refractivity contribution in [2.24, 2.45) is 0 Å². The molecule has 19 heavy (non-hydrogen) atoms. The smallest absolute Gasteiger partial charge is 0.132 e. The van der Waals surface area contributed by atoms with Gasteiger partial charge in [-0.3, -0.25) is 0 Å². The summed E-state index contributed by atoms with van der Waals surface area (Å²) in [6, 6.07) is 12.4. The van der Waals surface area contributed by atoms with Crippen molar-refractivity contribution in [1.82, 2.24) is 4.98 Å². The topological polar surface area (TPSA) is 36.4 Å². The van der Waals surface area contributed by atoms with Gasteiger partial charge >= 0.3 is 0 Å². The van der Waals surface area contributed by atoms with E-state index in [1.54, 1.807) is 6.20 Å². The van der Waals surface area contributed by atoms with E-state index in [1.165, 1.54) is 11.3 Å². The highest BCUT2D eigenvalue weighted by molar-refractivity contribution is 5.67. The molecule has 1 aromatic heterocycles. The number of aromatic nitrogens is 1. The van der Waals surface area contributed by atoms with Crippen molar-refractivity contribution in [1.29, 1.82) is 0 Å². The Hall–Kier alpha value is -1.87. The normalized spacial score (nSPS) is 15.4. The molecular weight excluding hydrogens is 236 g/mol. The maximum absolute atomic E-state index is 9.79. The average Bonchev–Trinajstić information content (AvgIpc) is 2.90. The zero-order valence-electron chi connectivity index (χ0n) is 11.1. The first-order valence-corrected chi connectivity index (χ1v) is 6.79. The second kappa shape index (κ2) is 5.02. The molecule has 1 N–H and O–H groups in total. The fourth-order valence-corrected chi connectivity index (χ4v) is 2.57.